The second kappa shape index (κ2) is 6.74. The van der Waals surface area contributed by atoms with Crippen molar-refractivity contribution in [3.63, 3.8) is 0 Å². The number of hydrogen-bond acceptors (Lipinski definition) is 5. The van der Waals surface area contributed by atoms with Gasteiger partial charge in [-0.2, -0.15) is 0 Å². The van der Waals surface area contributed by atoms with Gasteiger partial charge in [-0.3, -0.25) is 4.79 Å². The minimum atomic E-state index is -0.281. The maximum absolute atomic E-state index is 12.4. The second-order valence-corrected chi connectivity index (χ2v) is 5.49. The summed E-state index contributed by atoms with van der Waals surface area (Å²) >= 11 is 0. The summed E-state index contributed by atoms with van der Waals surface area (Å²) in [5, 5.41) is 11.3. The van der Waals surface area contributed by atoms with E-state index < -0.39 is 0 Å². The summed E-state index contributed by atoms with van der Waals surface area (Å²) < 4.78 is 1.62. The van der Waals surface area contributed by atoms with Gasteiger partial charge in [-0.1, -0.05) is 5.21 Å². The fourth-order valence-electron chi connectivity index (χ4n) is 2.50. The summed E-state index contributed by atoms with van der Waals surface area (Å²) in [7, 11) is 0. The van der Waals surface area contributed by atoms with E-state index in [9.17, 15) is 9.59 Å². The lowest BCUT2D eigenvalue weighted by Gasteiger charge is -2.24. The van der Waals surface area contributed by atoms with E-state index in [1.807, 2.05) is 6.92 Å². The molecule has 6 nitrogen and oxygen atoms in total. The Kier molecular flexibility index (Phi) is 5.00. The van der Waals surface area contributed by atoms with Crippen molar-refractivity contribution in [1.29, 1.82) is 0 Å². The highest BCUT2D eigenvalue weighted by Gasteiger charge is 2.27. The molecule has 2 rings (SSSR count). The smallest absolute Gasteiger partial charge is 0.160 e. The van der Waals surface area contributed by atoms with E-state index in [1.54, 1.807) is 17.8 Å². The number of carbonyl (C=O) groups excluding carboxylic acids is 2. The third kappa shape index (κ3) is 3.72. The molecule has 0 saturated carbocycles. The first-order valence-electron chi connectivity index (χ1n) is 7.22. The number of aryl methyl sites for hydroxylation is 1. The molecule has 1 aliphatic rings. The Bertz CT molecular complexity index is 477. The van der Waals surface area contributed by atoms with Gasteiger partial charge in [0.15, 0.2) is 5.78 Å². The van der Waals surface area contributed by atoms with E-state index >= 15 is 0 Å². The molecule has 0 unspecified atom stereocenters. The molecule has 0 aromatic carbocycles. The lowest BCUT2D eigenvalue weighted by atomic mass is 9.90. The van der Waals surface area contributed by atoms with Crippen LogP contribution in [0, 0.1) is 5.92 Å². The number of nitrogens with zero attached hydrogens (tertiary/aromatic N) is 3. The zero-order valence-corrected chi connectivity index (χ0v) is 12.1. The van der Waals surface area contributed by atoms with Gasteiger partial charge in [-0.25, -0.2) is 4.68 Å². The third-order valence-corrected chi connectivity index (χ3v) is 3.84. The molecule has 0 radical (unpaired) electrons. The summed E-state index contributed by atoms with van der Waals surface area (Å²) in [6.45, 7) is 5.25. The van der Waals surface area contributed by atoms with Crippen molar-refractivity contribution < 1.29 is 9.59 Å². The Morgan fingerprint density at radius 2 is 2.15 bits per heavy atom. The molecule has 1 aliphatic heterocycles. The van der Waals surface area contributed by atoms with Crippen LogP contribution in [-0.2, 0) is 16.0 Å². The van der Waals surface area contributed by atoms with Gasteiger partial charge < -0.3 is 10.1 Å². The van der Waals surface area contributed by atoms with Gasteiger partial charge in [-0.05, 0) is 46.2 Å². The number of rotatable bonds is 6. The first-order chi connectivity index (χ1) is 9.58. The minimum absolute atomic E-state index is 0.121. The summed E-state index contributed by atoms with van der Waals surface area (Å²) in [4.78, 5) is 23.4. The van der Waals surface area contributed by atoms with E-state index in [-0.39, 0.29) is 23.5 Å². The molecule has 0 aliphatic carbocycles. The van der Waals surface area contributed by atoms with E-state index in [4.69, 9.17) is 0 Å². The molecule has 0 bridgehead atoms. The minimum Gasteiger partial charge on any atom is -0.317 e. The number of aromatic nitrogens is 3. The normalized spacial score (nSPS) is 17.9. The summed E-state index contributed by atoms with van der Waals surface area (Å²) in [6.07, 6.45) is 4.63. The van der Waals surface area contributed by atoms with E-state index in [2.05, 4.69) is 15.6 Å². The average Bonchev–Trinajstić information content (AvgIpc) is 2.93. The molecular weight excluding hydrogens is 256 g/mol. The summed E-state index contributed by atoms with van der Waals surface area (Å²) in [5.41, 5.74) is 0.769. The number of carbonyl (C=O) groups is 2. The quantitative estimate of drug-likeness (QED) is 0.837. The van der Waals surface area contributed by atoms with Gasteiger partial charge in [0.2, 0.25) is 0 Å². The van der Waals surface area contributed by atoms with Crippen molar-refractivity contribution >= 4 is 11.6 Å². The number of Topliss-reactive ketones (excluding diaryl/α,β-unsaturated/α-hetero) is 2. The molecule has 110 valence electrons. The van der Waals surface area contributed by atoms with Crippen LogP contribution < -0.4 is 5.32 Å². The highest BCUT2D eigenvalue weighted by atomic mass is 16.1. The Balaban J connectivity index is 1.95. The number of piperidine rings is 1. The average molecular weight is 278 g/mol. The van der Waals surface area contributed by atoms with Crippen molar-refractivity contribution in [3.8, 4) is 0 Å². The number of ketones is 2. The van der Waals surface area contributed by atoms with Crippen molar-refractivity contribution in [3.05, 3.63) is 11.9 Å². The molecule has 6 heteroatoms. The summed E-state index contributed by atoms with van der Waals surface area (Å²) in [6, 6.07) is -0.281. The molecule has 1 aromatic heterocycles. The van der Waals surface area contributed by atoms with Gasteiger partial charge in [0.05, 0.1) is 5.69 Å². The van der Waals surface area contributed by atoms with Gasteiger partial charge in [0, 0.05) is 18.5 Å². The van der Waals surface area contributed by atoms with Crippen LogP contribution in [0.2, 0.25) is 0 Å². The van der Waals surface area contributed by atoms with Crippen LogP contribution in [0.25, 0.3) is 0 Å². The van der Waals surface area contributed by atoms with Gasteiger partial charge in [-0.15, -0.1) is 5.10 Å². The standard InChI is InChI=1S/C14H22N4O2/c1-10(19)3-4-13-9-18(17-16-13)11(2)14(20)12-5-7-15-8-6-12/h9,11-12,15H,3-8H2,1-2H3/t11-/m0/s1. The van der Waals surface area contributed by atoms with Crippen LogP contribution in [0.15, 0.2) is 6.20 Å². The van der Waals surface area contributed by atoms with Gasteiger partial charge >= 0.3 is 0 Å². The maximum Gasteiger partial charge on any atom is 0.160 e. The lowest BCUT2D eigenvalue weighted by Crippen LogP contribution is -2.34. The van der Waals surface area contributed by atoms with Crippen LogP contribution in [0.3, 0.4) is 0 Å². The van der Waals surface area contributed by atoms with Crippen molar-refractivity contribution in [2.75, 3.05) is 13.1 Å². The monoisotopic (exact) mass is 278 g/mol. The number of nitrogens with one attached hydrogen (secondary N) is 1. The van der Waals surface area contributed by atoms with Gasteiger partial charge in [0.25, 0.3) is 0 Å². The SMILES string of the molecule is CC(=O)CCc1cn([C@@H](C)C(=O)C2CCNCC2)nn1. The molecule has 0 amide bonds. The number of hydrogen-bond donors (Lipinski definition) is 1. The first kappa shape index (κ1) is 14.8. The molecule has 1 fully saturated rings. The van der Waals surface area contributed by atoms with Crippen molar-refractivity contribution in [2.24, 2.45) is 5.92 Å². The van der Waals surface area contributed by atoms with E-state index in [1.165, 1.54) is 0 Å². The van der Waals surface area contributed by atoms with Crippen LogP contribution in [-0.4, -0.2) is 39.6 Å². The largest absolute Gasteiger partial charge is 0.317 e. The van der Waals surface area contributed by atoms with Crippen molar-refractivity contribution in [1.82, 2.24) is 20.3 Å². The molecule has 0 spiro atoms. The highest BCUT2D eigenvalue weighted by molar-refractivity contribution is 5.84. The second-order valence-electron chi connectivity index (χ2n) is 5.49. The Morgan fingerprint density at radius 1 is 1.45 bits per heavy atom. The maximum atomic E-state index is 12.4. The zero-order chi connectivity index (χ0) is 14.5. The fraction of sp³-hybridized carbons (Fsp3) is 0.714. The van der Waals surface area contributed by atoms with Crippen molar-refractivity contribution in [2.45, 2.75) is 45.6 Å². The Hall–Kier alpha value is -1.56. The molecule has 1 N–H and O–H groups in total. The highest BCUT2D eigenvalue weighted by Crippen LogP contribution is 2.20. The topological polar surface area (TPSA) is 76.9 Å². The first-order valence-corrected chi connectivity index (χ1v) is 7.22. The van der Waals surface area contributed by atoms with E-state index in [0.717, 1.165) is 31.6 Å². The van der Waals surface area contributed by atoms with Crippen LogP contribution in [0.4, 0.5) is 0 Å². The predicted octanol–water partition coefficient (Wildman–Crippen LogP) is 0.929. The lowest BCUT2D eigenvalue weighted by molar-refractivity contribution is -0.126. The van der Waals surface area contributed by atoms with Crippen LogP contribution in [0.5, 0.6) is 0 Å². The third-order valence-electron chi connectivity index (χ3n) is 3.84. The molecule has 2 heterocycles. The molecular formula is C14H22N4O2. The Labute approximate surface area is 118 Å². The van der Waals surface area contributed by atoms with Crippen LogP contribution >= 0.6 is 0 Å². The fourth-order valence-corrected chi connectivity index (χ4v) is 2.50. The summed E-state index contributed by atoms with van der Waals surface area (Å²) in [5.74, 6) is 0.490. The van der Waals surface area contributed by atoms with E-state index in [0.29, 0.717) is 12.8 Å². The molecule has 20 heavy (non-hydrogen) atoms. The molecule has 1 aromatic rings. The van der Waals surface area contributed by atoms with Gasteiger partial charge in [0.1, 0.15) is 11.8 Å². The molecule has 1 atom stereocenters. The Morgan fingerprint density at radius 3 is 2.80 bits per heavy atom. The molecule has 1 saturated heterocycles. The zero-order valence-electron chi connectivity index (χ0n) is 12.1. The van der Waals surface area contributed by atoms with Crippen LogP contribution in [0.1, 0.15) is 44.8 Å². The predicted molar refractivity (Wildman–Crippen MR) is 74.3 cm³/mol.